The number of hydrogen-bond acceptors (Lipinski definition) is 4. The highest BCUT2D eigenvalue weighted by atomic mass is 16.2. The van der Waals surface area contributed by atoms with Crippen molar-refractivity contribution < 1.29 is 4.79 Å². The summed E-state index contributed by atoms with van der Waals surface area (Å²) in [5.41, 5.74) is 3.18. The summed E-state index contributed by atoms with van der Waals surface area (Å²) in [6.45, 7) is 2.89. The first-order valence-electron chi connectivity index (χ1n) is 9.45. The van der Waals surface area contributed by atoms with Gasteiger partial charge in [-0.2, -0.15) is 0 Å². The zero-order chi connectivity index (χ0) is 18.6. The molecule has 1 saturated heterocycles. The first-order valence-corrected chi connectivity index (χ1v) is 9.45. The van der Waals surface area contributed by atoms with Crippen molar-refractivity contribution in [2.45, 2.75) is 31.8 Å². The van der Waals surface area contributed by atoms with Crippen molar-refractivity contribution >= 4 is 28.1 Å². The molecule has 1 fully saturated rings. The molecule has 0 aliphatic carbocycles. The van der Waals surface area contributed by atoms with Gasteiger partial charge in [-0.15, -0.1) is 0 Å². The summed E-state index contributed by atoms with van der Waals surface area (Å²) < 4.78 is 0. The van der Waals surface area contributed by atoms with Crippen LogP contribution in [0.3, 0.4) is 0 Å². The lowest BCUT2D eigenvalue weighted by Crippen LogP contribution is -2.35. The third-order valence-corrected chi connectivity index (χ3v) is 5.09. The van der Waals surface area contributed by atoms with Gasteiger partial charge in [0, 0.05) is 41.7 Å². The molecule has 3 N–H and O–H groups in total. The number of amides is 1. The number of fused-ring (bicyclic) bond motifs is 1. The van der Waals surface area contributed by atoms with Gasteiger partial charge in [0.1, 0.15) is 0 Å². The van der Waals surface area contributed by atoms with Gasteiger partial charge < -0.3 is 16.0 Å². The number of carbonyl (C=O) groups is 1. The number of hydrogen-bond donors (Lipinski definition) is 3. The average Bonchev–Trinajstić information content (AvgIpc) is 3.17. The zero-order valence-corrected chi connectivity index (χ0v) is 15.4. The van der Waals surface area contributed by atoms with Crippen LogP contribution in [0.2, 0.25) is 0 Å². The van der Waals surface area contributed by atoms with Gasteiger partial charge in [0.05, 0.1) is 6.04 Å². The summed E-state index contributed by atoms with van der Waals surface area (Å²) >= 11 is 0. The first kappa shape index (κ1) is 17.5. The van der Waals surface area contributed by atoms with Crippen LogP contribution in [0.5, 0.6) is 0 Å². The minimum atomic E-state index is -0.182. The molecule has 2 heterocycles. The monoisotopic (exact) mass is 360 g/mol. The molecule has 1 aliphatic heterocycles. The lowest BCUT2D eigenvalue weighted by atomic mass is 10.1. The quantitative estimate of drug-likeness (QED) is 0.651. The maximum atomic E-state index is 12.5. The fourth-order valence-electron chi connectivity index (χ4n) is 3.51. The molecule has 0 spiro atoms. The molecule has 1 aliphatic rings. The fraction of sp³-hybridized carbons (Fsp3) is 0.273. The minimum Gasteiger partial charge on any atom is -0.381 e. The van der Waals surface area contributed by atoms with Gasteiger partial charge in [-0.1, -0.05) is 25.1 Å². The fourth-order valence-corrected chi connectivity index (χ4v) is 3.51. The molecule has 5 heteroatoms. The van der Waals surface area contributed by atoms with Crippen molar-refractivity contribution in [3.63, 3.8) is 0 Å². The largest absolute Gasteiger partial charge is 0.381 e. The van der Waals surface area contributed by atoms with Crippen molar-refractivity contribution in [1.82, 2.24) is 10.3 Å². The van der Waals surface area contributed by atoms with Crippen LogP contribution in [0.4, 0.5) is 11.4 Å². The minimum absolute atomic E-state index is 0.0214. The number of pyridine rings is 1. The third kappa shape index (κ3) is 4.09. The molecule has 0 unspecified atom stereocenters. The molecule has 0 saturated carbocycles. The van der Waals surface area contributed by atoms with Crippen molar-refractivity contribution in [1.29, 1.82) is 0 Å². The van der Waals surface area contributed by atoms with E-state index in [0.717, 1.165) is 41.5 Å². The smallest absolute Gasteiger partial charge is 0.241 e. The molecule has 138 valence electrons. The SMILES string of the molecule is CCc1ccc(NC(=O)[C@@H]2C[C@@H](Nc3ccc4cnccc4c3)CN2)cc1. The van der Waals surface area contributed by atoms with Gasteiger partial charge in [0.2, 0.25) is 5.91 Å². The number of benzene rings is 2. The van der Waals surface area contributed by atoms with E-state index in [-0.39, 0.29) is 18.0 Å². The van der Waals surface area contributed by atoms with Crippen molar-refractivity contribution in [3.05, 3.63) is 66.5 Å². The molecule has 0 radical (unpaired) electrons. The van der Waals surface area contributed by atoms with Gasteiger partial charge in [0.25, 0.3) is 0 Å². The predicted octanol–water partition coefficient (Wildman–Crippen LogP) is 3.58. The van der Waals surface area contributed by atoms with Crippen LogP contribution in [0.1, 0.15) is 18.9 Å². The number of rotatable bonds is 5. The van der Waals surface area contributed by atoms with Crippen molar-refractivity contribution in [2.75, 3.05) is 17.2 Å². The van der Waals surface area contributed by atoms with Crippen LogP contribution in [-0.2, 0) is 11.2 Å². The Hall–Kier alpha value is -2.92. The van der Waals surface area contributed by atoms with Gasteiger partial charge in [-0.05, 0) is 54.1 Å². The molecule has 5 nitrogen and oxygen atoms in total. The summed E-state index contributed by atoms with van der Waals surface area (Å²) in [4.78, 5) is 16.7. The standard InChI is InChI=1S/C22H24N4O/c1-2-15-3-6-18(7-4-15)26-22(27)21-12-20(14-24-21)25-19-8-5-17-13-23-10-9-16(17)11-19/h3-11,13,20-21,24-25H,2,12,14H2,1H3,(H,26,27)/t20-,21+/m1/s1. The summed E-state index contributed by atoms with van der Waals surface area (Å²) in [7, 11) is 0. The Labute approximate surface area is 159 Å². The Balaban J connectivity index is 1.35. The third-order valence-electron chi connectivity index (χ3n) is 5.09. The van der Waals surface area contributed by atoms with E-state index in [2.05, 4.69) is 58.2 Å². The molecular weight excluding hydrogens is 336 g/mol. The Bertz CT molecular complexity index is 938. The molecule has 2 atom stereocenters. The molecule has 3 aromatic rings. The highest BCUT2D eigenvalue weighted by Gasteiger charge is 2.29. The zero-order valence-electron chi connectivity index (χ0n) is 15.4. The van der Waals surface area contributed by atoms with Crippen LogP contribution < -0.4 is 16.0 Å². The Morgan fingerprint density at radius 1 is 1.11 bits per heavy atom. The number of aromatic nitrogens is 1. The Morgan fingerprint density at radius 3 is 2.74 bits per heavy atom. The van der Waals surface area contributed by atoms with E-state index in [1.54, 1.807) is 6.20 Å². The topological polar surface area (TPSA) is 66.0 Å². The van der Waals surface area contributed by atoms with E-state index in [1.807, 2.05) is 24.4 Å². The first-order chi connectivity index (χ1) is 13.2. The van der Waals surface area contributed by atoms with E-state index in [9.17, 15) is 4.79 Å². The van der Waals surface area contributed by atoms with Gasteiger partial charge in [-0.25, -0.2) is 0 Å². The number of aryl methyl sites for hydroxylation is 1. The van der Waals surface area contributed by atoms with Crippen LogP contribution in [0, 0.1) is 0 Å². The Kier molecular flexibility index (Phi) is 5.03. The molecule has 27 heavy (non-hydrogen) atoms. The molecule has 2 aromatic carbocycles. The van der Waals surface area contributed by atoms with Gasteiger partial charge >= 0.3 is 0 Å². The van der Waals surface area contributed by atoms with Crippen LogP contribution in [-0.4, -0.2) is 29.5 Å². The van der Waals surface area contributed by atoms with E-state index in [4.69, 9.17) is 0 Å². The lowest BCUT2D eigenvalue weighted by molar-refractivity contribution is -0.117. The molecule has 0 bridgehead atoms. The summed E-state index contributed by atoms with van der Waals surface area (Å²) in [5, 5.41) is 12.1. The molecular formula is C22H24N4O. The second-order valence-corrected chi connectivity index (χ2v) is 7.02. The highest BCUT2D eigenvalue weighted by Crippen LogP contribution is 2.21. The molecule has 1 amide bonds. The summed E-state index contributed by atoms with van der Waals surface area (Å²) in [6, 6.07) is 16.3. The maximum Gasteiger partial charge on any atom is 0.241 e. The second kappa shape index (κ2) is 7.76. The average molecular weight is 360 g/mol. The maximum absolute atomic E-state index is 12.5. The molecule has 1 aromatic heterocycles. The van der Waals surface area contributed by atoms with E-state index in [0.29, 0.717) is 0 Å². The van der Waals surface area contributed by atoms with E-state index >= 15 is 0 Å². The van der Waals surface area contributed by atoms with E-state index < -0.39 is 0 Å². The lowest BCUT2D eigenvalue weighted by Gasteiger charge is -2.14. The normalized spacial score (nSPS) is 19.1. The van der Waals surface area contributed by atoms with Crippen LogP contribution >= 0.6 is 0 Å². The van der Waals surface area contributed by atoms with E-state index in [1.165, 1.54) is 5.56 Å². The van der Waals surface area contributed by atoms with Gasteiger partial charge in [-0.3, -0.25) is 9.78 Å². The predicted molar refractivity (Wildman–Crippen MR) is 110 cm³/mol. The summed E-state index contributed by atoms with van der Waals surface area (Å²) in [5.74, 6) is 0.0214. The Morgan fingerprint density at radius 2 is 1.93 bits per heavy atom. The van der Waals surface area contributed by atoms with Crippen LogP contribution in [0.25, 0.3) is 10.8 Å². The number of carbonyl (C=O) groups excluding carboxylic acids is 1. The van der Waals surface area contributed by atoms with Crippen LogP contribution in [0.15, 0.2) is 60.9 Å². The number of anilines is 2. The van der Waals surface area contributed by atoms with Crippen molar-refractivity contribution in [3.8, 4) is 0 Å². The number of nitrogens with zero attached hydrogens (tertiary/aromatic N) is 1. The summed E-state index contributed by atoms with van der Waals surface area (Å²) in [6.07, 6.45) is 5.42. The second-order valence-electron chi connectivity index (χ2n) is 7.02. The van der Waals surface area contributed by atoms with Crippen molar-refractivity contribution in [2.24, 2.45) is 0 Å². The number of nitrogens with one attached hydrogen (secondary N) is 3. The highest BCUT2D eigenvalue weighted by molar-refractivity contribution is 5.95. The van der Waals surface area contributed by atoms with Gasteiger partial charge in [0.15, 0.2) is 0 Å². The molecule has 4 rings (SSSR count).